The van der Waals surface area contributed by atoms with E-state index in [-0.39, 0.29) is 10.5 Å². The van der Waals surface area contributed by atoms with Gasteiger partial charge in [0, 0.05) is 63.5 Å². The maximum absolute atomic E-state index is 12.7. The molecule has 3 N–H and O–H groups in total. The molecule has 0 aromatic heterocycles. The Morgan fingerprint density at radius 2 is 1.10 bits per heavy atom. The summed E-state index contributed by atoms with van der Waals surface area (Å²) in [6.45, 7) is 18.1. The summed E-state index contributed by atoms with van der Waals surface area (Å²) in [5.74, 6) is 0. The van der Waals surface area contributed by atoms with Gasteiger partial charge in [-0.3, -0.25) is 13.7 Å². The van der Waals surface area contributed by atoms with Gasteiger partial charge in [-0.1, -0.05) is 65.8 Å². The Balaban J connectivity index is 1.13. The maximum atomic E-state index is 12.7. The van der Waals surface area contributed by atoms with Crippen molar-refractivity contribution in [3.8, 4) is 22.3 Å². The Hall–Kier alpha value is -4.70. The van der Waals surface area contributed by atoms with Gasteiger partial charge in [0.05, 0.1) is 10.3 Å². The van der Waals surface area contributed by atoms with Gasteiger partial charge < -0.3 is 4.90 Å². The zero-order chi connectivity index (χ0) is 44.2. The number of hydrogen-bond donors (Lipinski definition) is 3. The van der Waals surface area contributed by atoms with Crippen molar-refractivity contribution in [1.29, 1.82) is 0 Å². The molecule has 0 fully saturated rings. The number of nitrogens with zero attached hydrogens (tertiary/aromatic N) is 2. The van der Waals surface area contributed by atoms with Crippen LogP contribution in [0.25, 0.3) is 22.3 Å². The lowest BCUT2D eigenvalue weighted by Crippen LogP contribution is -2.26. The first kappa shape index (κ1) is 42.0. The quantitative estimate of drug-likeness (QED) is 0.0968. The van der Waals surface area contributed by atoms with E-state index < -0.39 is 61.8 Å². The van der Waals surface area contributed by atoms with E-state index in [2.05, 4.69) is 69.2 Å². The number of allylic oxidation sites excluding steroid dienone is 6. The SMILES string of the molecule is Cc1cc2c(c(S(=O)(=O)O)c1)-c1cc3c(cc1C2(C)C)[N+](C)=C(/C=C/C=C/C=C1/N(C)c2cc4c(cc2C1(C)C)-c1c(cc(S(=O)(=O)O)cc1S(=O)(=O)O)C4(C)C)C3(C)C. The second kappa shape index (κ2) is 12.7. The van der Waals surface area contributed by atoms with E-state index in [9.17, 15) is 38.9 Å². The molecule has 14 heteroatoms. The summed E-state index contributed by atoms with van der Waals surface area (Å²) in [4.78, 5) is 0.827. The van der Waals surface area contributed by atoms with E-state index in [0.29, 0.717) is 16.7 Å². The molecule has 2 heterocycles. The third-order valence-electron chi connectivity index (χ3n) is 13.5. The van der Waals surface area contributed by atoms with Crippen LogP contribution >= 0.6 is 0 Å². The molecule has 0 atom stereocenters. The van der Waals surface area contributed by atoms with Gasteiger partial charge in [0.1, 0.15) is 16.8 Å². The first-order chi connectivity index (χ1) is 27.4. The van der Waals surface area contributed by atoms with Crippen molar-refractivity contribution >= 4 is 47.4 Å². The van der Waals surface area contributed by atoms with Crippen LogP contribution in [0, 0.1) is 6.92 Å². The van der Waals surface area contributed by atoms with Crippen LogP contribution in [0.1, 0.15) is 94.3 Å². The lowest BCUT2D eigenvalue weighted by Gasteiger charge is -2.24. The molecule has 2 aliphatic heterocycles. The van der Waals surface area contributed by atoms with Crippen molar-refractivity contribution in [3.63, 3.8) is 0 Å². The highest BCUT2D eigenvalue weighted by molar-refractivity contribution is 7.87. The molecule has 8 rings (SSSR count). The number of anilines is 1. The van der Waals surface area contributed by atoms with Crippen LogP contribution in [-0.2, 0) is 52.0 Å². The minimum atomic E-state index is -4.89. The summed E-state index contributed by atoms with van der Waals surface area (Å²) in [6.07, 6.45) is 10.0. The predicted molar refractivity (Wildman–Crippen MR) is 234 cm³/mol. The topological polar surface area (TPSA) is 169 Å². The summed E-state index contributed by atoms with van der Waals surface area (Å²) in [6, 6.07) is 13.8. The molecule has 0 unspecified atom stereocenters. The Labute approximate surface area is 352 Å². The number of benzene rings is 4. The highest BCUT2D eigenvalue weighted by Gasteiger charge is 2.48. The van der Waals surface area contributed by atoms with Gasteiger partial charge in [-0.25, -0.2) is 0 Å². The first-order valence-corrected chi connectivity index (χ1v) is 23.8. The molecule has 11 nitrogen and oxygen atoms in total. The number of rotatable bonds is 6. The molecular formula is C46H49N2O9S3+. The molecule has 2 aliphatic carbocycles. The van der Waals surface area contributed by atoms with Gasteiger partial charge in [-0.15, -0.1) is 0 Å². The molecule has 0 saturated carbocycles. The molecule has 0 saturated heterocycles. The van der Waals surface area contributed by atoms with Gasteiger partial charge in [-0.05, 0) is 108 Å². The largest absolute Gasteiger partial charge is 0.347 e. The molecule has 4 aliphatic rings. The standard InChI is InChI=1S/C46H48N2O9S3/c1-25-17-33-41(37(18-25)59(52,53)54)27-21-31-35(23-29(27)43(33,2)3)47(10)39(45(31,6)7)15-13-12-14-16-40-46(8,9)32-22-28-30(24-36(32)48(40)11)44(4,5)34-19-26(58(49,50)51)20-38(42(28)34)60(55,56)57/h12-24H,1-11H3,(H2-,49,50,51,52,53,54,55,56,57)/p+1. The van der Waals surface area contributed by atoms with Crippen molar-refractivity contribution in [1.82, 2.24) is 0 Å². The number of hydrogen-bond acceptors (Lipinski definition) is 7. The number of likely N-dealkylation sites (N-methyl/N-ethyl adjacent to an activating group) is 1. The smallest absolute Gasteiger partial charge is 0.295 e. The lowest BCUT2D eigenvalue weighted by molar-refractivity contribution is -0.401. The predicted octanol–water partition coefficient (Wildman–Crippen LogP) is 8.78. The van der Waals surface area contributed by atoms with Crippen LogP contribution in [0.5, 0.6) is 0 Å². The summed E-state index contributed by atoms with van der Waals surface area (Å²) >= 11 is 0. The minimum absolute atomic E-state index is 0.0719. The summed E-state index contributed by atoms with van der Waals surface area (Å²) in [5, 5.41) is 0. The van der Waals surface area contributed by atoms with Gasteiger partial charge in [0.25, 0.3) is 30.4 Å². The Kier molecular flexibility index (Phi) is 8.88. The second-order valence-corrected chi connectivity index (χ2v) is 22.8. The molecule has 0 radical (unpaired) electrons. The van der Waals surface area contributed by atoms with Crippen LogP contribution < -0.4 is 4.90 Å². The summed E-state index contributed by atoms with van der Waals surface area (Å²) in [7, 11) is -10.2. The Morgan fingerprint density at radius 1 is 0.567 bits per heavy atom. The summed E-state index contributed by atoms with van der Waals surface area (Å²) < 4.78 is 108. The average Bonchev–Trinajstić information content (AvgIpc) is 3.64. The van der Waals surface area contributed by atoms with Gasteiger partial charge >= 0.3 is 0 Å². The lowest BCUT2D eigenvalue weighted by atomic mass is 9.78. The van der Waals surface area contributed by atoms with Crippen molar-refractivity contribution in [2.24, 2.45) is 0 Å². The van der Waals surface area contributed by atoms with E-state index in [1.807, 2.05) is 77.4 Å². The van der Waals surface area contributed by atoms with Crippen molar-refractivity contribution in [2.75, 3.05) is 19.0 Å². The normalized spacial score (nSPS) is 19.9. The number of fused-ring (bicyclic) bond motifs is 8. The fourth-order valence-corrected chi connectivity index (χ4v) is 12.5. The van der Waals surface area contributed by atoms with Gasteiger partial charge in [0.15, 0.2) is 5.71 Å². The van der Waals surface area contributed by atoms with E-state index in [1.54, 1.807) is 0 Å². The van der Waals surface area contributed by atoms with E-state index >= 15 is 0 Å². The molecule has 0 spiro atoms. The first-order valence-electron chi connectivity index (χ1n) is 19.5. The highest BCUT2D eigenvalue weighted by Crippen LogP contribution is 2.58. The molecular weight excluding hydrogens is 821 g/mol. The second-order valence-electron chi connectivity index (χ2n) is 18.6. The number of aryl methyl sites for hydroxylation is 1. The Morgan fingerprint density at radius 3 is 1.67 bits per heavy atom. The molecule has 60 heavy (non-hydrogen) atoms. The van der Waals surface area contributed by atoms with E-state index in [0.717, 1.165) is 67.8 Å². The Bertz CT molecular complexity index is 3150. The van der Waals surface area contributed by atoms with Crippen molar-refractivity contribution < 1.29 is 43.5 Å². The minimum Gasteiger partial charge on any atom is -0.347 e. The molecule has 0 amide bonds. The zero-order valence-electron chi connectivity index (χ0n) is 35.4. The third kappa shape index (κ3) is 5.89. The van der Waals surface area contributed by atoms with Crippen molar-refractivity contribution in [3.05, 3.63) is 124 Å². The molecule has 0 bridgehead atoms. The highest BCUT2D eigenvalue weighted by atomic mass is 32.2. The monoisotopic (exact) mass is 869 g/mol. The van der Waals surface area contributed by atoms with Gasteiger partial charge in [-0.2, -0.15) is 29.8 Å². The third-order valence-corrected chi connectivity index (χ3v) is 16.1. The van der Waals surface area contributed by atoms with E-state index in [1.165, 1.54) is 12.1 Å². The fourth-order valence-electron chi connectivity index (χ4n) is 10.3. The average molecular weight is 870 g/mol. The fraction of sp³-hybridized carbons (Fsp3) is 0.326. The van der Waals surface area contributed by atoms with Crippen LogP contribution in [0.2, 0.25) is 0 Å². The molecule has 314 valence electrons. The van der Waals surface area contributed by atoms with Crippen LogP contribution in [-0.4, -0.2) is 63.3 Å². The van der Waals surface area contributed by atoms with Crippen LogP contribution in [0.3, 0.4) is 0 Å². The van der Waals surface area contributed by atoms with Gasteiger partial charge in [0.2, 0.25) is 5.69 Å². The van der Waals surface area contributed by atoms with E-state index in [4.69, 9.17) is 0 Å². The maximum Gasteiger partial charge on any atom is 0.295 e. The van der Waals surface area contributed by atoms with Crippen molar-refractivity contribution in [2.45, 2.75) is 98.7 Å². The molecule has 4 aromatic rings. The molecule has 4 aromatic carbocycles. The zero-order valence-corrected chi connectivity index (χ0v) is 37.9. The summed E-state index contributed by atoms with van der Waals surface area (Å²) in [5.41, 5.74) is 9.48. The van der Waals surface area contributed by atoms with Crippen LogP contribution in [0.4, 0.5) is 11.4 Å². The van der Waals surface area contributed by atoms with Crippen LogP contribution in [0.15, 0.2) is 99.3 Å².